The van der Waals surface area contributed by atoms with E-state index >= 15 is 0 Å². The average molecular weight is 480 g/mol. The minimum atomic E-state index is 0.0983. The van der Waals surface area contributed by atoms with Crippen LogP contribution in [0.1, 0.15) is 51.4 Å². The molecule has 1 unspecified atom stereocenters. The first-order chi connectivity index (χ1) is 8.86. The summed E-state index contributed by atoms with van der Waals surface area (Å²) in [7, 11) is 0. The summed E-state index contributed by atoms with van der Waals surface area (Å²) in [5.41, 5.74) is 0. The van der Waals surface area contributed by atoms with E-state index < -0.39 is 0 Å². The van der Waals surface area contributed by atoms with Crippen LogP contribution < -0.4 is 0 Å². The zero-order valence-corrected chi connectivity index (χ0v) is 15.5. The fourth-order valence-electron chi connectivity index (χ4n) is 2.14. The van der Waals surface area contributed by atoms with Gasteiger partial charge in [-0.3, -0.25) is 0 Å². The average Bonchev–Trinajstić information content (AvgIpc) is 2.43. The Hall–Kier alpha value is 1.38. The molecule has 1 aliphatic heterocycles. The maximum atomic E-state index is 5.73. The van der Waals surface area contributed by atoms with Gasteiger partial charge in [-0.25, -0.2) is 0 Å². The summed E-state index contributed by atoms with van der Waals surface area (Å²) in [6, 6.07) is 0. The highest BCUT2D eigenvalue weighted by Gasteiger charge is 2.13. The summed E-state index contributed by atoms with van der Waals surface area (Å²) in [6.45, 7) is 1.77. The first kappa shape index (κ1) is 17.4. The molecule has 18 heavy (non-hydrogen) atoms. The lowest BCUT2D eigenvalue weighted by Gasteiger charge is -2.22. The van der Waals surface area contributed by atoms with Crippen molar-refractivity contribution >= 4 is 45.2 Å². The van der Waals surface area contributed by atoms with Crippen LogP contribution in [0, 0.1) is 5.92 Å². The molecule has 2 nitrogen and oxygen atoms in total. The van der Waals surface area contributed by atoms with E-state index in [1.165, 1.54) is 53.8 Å². The highest BCUT2D eigenvalue weighted by molar-refractivity contribution is 14.1. The molecule has 4 heteroatoms. The van der Waals surface area contributed by atoms with E-state index in [-0.39, 0.29) is 6.29 Å². The van der Waals surface area contributed by atoms with Gasteiger partial charge in [0.05, 0.1) is 0 Å². The molecule has 0 saturated carbocycles. The monoisotopic (exact) mass is 480 g/mol. The largest absolute Gasteiger partial charge is 0.353 e. The van der Waals surface area contributed by atoms with Crippen LogP contribution in [0.25, 0.3) is 0 Å². The quantitative estimate of drug-likeness (QED) is 0.250. The predicted molar refractivity (Wildman–Crippen MR) is 93.9 cm³/mol. The number of halogens is 2. The van der Waals surface area contributed by atoms with E-state index in [0.29, 0.717) is 0 Å². The number of alkyl halides is 2. The molecule has 1 rings (SSSR count). The summed E-state index contributed by atoms with van der Waals surface area (Å²) in [6.07, 6.45) is 10.3. The Balaban J connectivity index is 1.83. The molecule has 0 bridgehead atoms. The van der Waals surface area contributed by atoms with Crippen molar-refractivity contribution in [3.05, 3.63) is 0 Å². The molecule has 0 aliphatic carbocycles. The Morgan fingerprint density at radius 2 is 1.83 bits per heavy atom. The molecule has 108 valence electrons. The Kier molecular flexibility index (Phi) is 11.8. The number of hydrogen-bond donors (Lipinski definition) is 0. The smallest absolute Gasteiger partial charge is 0.157 e. The van der Waals surface area contributed by atoms with Crippen LogP contribution in [0.15, 0.2) is 0 Å². The van der Waals surface area contributed by atoms with Crippen LogP contribution in [-0.4, -0.2) is 28.4 Å². The van der Waals surface area contributed by atoms with Crippen LogP contribution in [-0.2, 0) is 9.47 Å². The Morgan fingerprint density at radius 1 is 1.06 bits per heavy atom. The zero-order chi connectivity index (χ0) is 13.1. The molecule has 0 N–H and O–H groups in total. The third kappa shape index (κ3) is 8.53. The van der Waals surface area contributed by atoms with Crippen LogP contribution in [0.4, 0.5) is 0 Å². The first-order valence-corrected chi connectivity index (χ1v) is 10.3. The minimum Gasteiger partial charge on any atom is -0.353 e. The summed E-state index contributed by atoms with van der Waals surface area (Å²) < 4.78 is 13.9. The fraction of sp³-hybridized carbons (Fsp3) is 1.00. The zero-order valence-electron chi connectivity index (χ0n) is 11.2. The molecule has 1 fully saturated rings. The van der Waals surface area contributed by atoms with Crippen LogP contribution >= 0.6 is 45.2 Å². The first-order valence-electron chi connectivity index (χ1n) is 7.22. The summed E-state index contributed by atoms with van der Waals surface area (Å²) >= 11 is 5.02. The third-order valence-electron chi connectivity index (χ3n) is 3.38. The molecule has 0 aromatic heterocycles. The van der Waals surface area contributed by atoms with E-state index in [0.717, 1.165) is 25.6 Å². The van der Waals surface area contributed by atoms with Gasteiger partial charge in [0.15, 0.2) is 6.29 Å². The van der Waals surface area contributed by atoms with Crippen molar-refractivity contribution in [2.24, 2.45) is 5.92 Å². The van der Waals surface area contributed by atoms with Gasteiger partial charge in [0.2, 0.25) is 0 Å². The molecular weight excluding hydrogens is 454 g/mol. The number of ether oxygens (including phenoxy) is 2. The van der Waals surface area contributed by atoms with Gasteiger partial charge in [-0.2, -0.15) is 0 Å². The van der Waals surface area contributed by atoms with Crippen molar-refractivity contribution in [2.45, 2.75) is 57.7 Å². The van der Waals surface area contributed by atoms with Gasteiger partial charge in [-0.15, -0.1) is 0 Å². The predicted octanol–water partition coefficient (Wildman–Crippen LogP) is 4.97. The second-order valence-corrected chi connectivity index (χ2v) is 6.81. The fourth-order valence-corrected chi connectivity index (χ4v) is 4.84. The van der Waals surface area contributed by atoms with E-state index in [4.69, 9.17) is 9.47 Å². The van der Waals surface area contributed by atoms with Crippen molar-refractivity contribution in [2.75, 3.05) is 22.1 Å². The van der Waals surface area contributed by atoms with Crippen LogP contribution in [0.5, 0.6) is 0 Å². The van der Waals surface area contributed by atoms with E-state index in [9.17, 15) is 0 Å². The SMILES string of the molecule is ICC(CI)CCCCCCOC1CCCCO1. The highest BCUT2D eigenvalue weighted by Crippen LogP contribution is 2.17. The van der Waals surface area contributed by atoms with Gasteiger partial charge >= 0.3 is 0 Å². The second-order valence-electron chi connectivity index (χ2n) is 5.04. The van der Waals surface area contributed by atoms with Gasteiger partial charge in [0.25, 0.3) is 0 Å². The van der Waals surface area contributed by atoms with Crippen molar-refractivity contribution in [3.8, 4) is 0 Å². The number of unbranched alkanes of at least 4 members (excludes halogenated alkanes) is 3. The Labute approximate surface area is 139 Å². The normalized spacial score (nSPS) is 20.5. The highest BCUT2D eigenvalue weighted by atomic mass is 127. The molecular formula is C14H26I2O2. The van der Waals surface area contributed by atoms with E-state index in [1.54, 1.807) is 0 Å². The van der Waals surface area contributed by atoms with Gasteiger partial charge in [-0.1, -0.05) is 64.4 Å². The van der Waals surface area contributed by atoms with E-state index in [2.05, 4.69) is 45.2 Å². The molecule has 0 aromatic rings. The maximum Gasteiger partial charge on any atom is 0.157 e. The molecule has 0 amide bonds. The lowest BCUT2D eigenvalue weighted by Crippen LogP contribution is -2.22. The molecule has 1 atom stereocenters. The lowest BCUT2D eigenvalue weighted by molar-refractivity contribution is -0.162. The number of rotatable bonds is 10. The molecule has 0 spiro atoms. The van der Waals surface area contributed by atoms with Gasteiger partial charge < -0.3 is 9.47 Å². The van der Waals surface area contributed by atoms with Crippen molar-refractivity contribution in [1.82, 2.24) is 0 Å². The van der Waals surface area contributed by atoms with Crippen molar-refractivity contribution in [1.29, 1.82) is 0 Å². The molecule has 0 aromatic carbocycles. The van der Waals surface area contributed by atoms with Gasteiger partial charge in [0, 0.05) is 22.1 Å². The Bertz CT molecular complexity index is 181. The number of hydrogen-bond acceptors (Lipinski definition) is 2. The molecule has 1 saturated heterocycles. The maximum absolute atomic E-state index is 5.73. The third-order valence-corrected chi connectivity index (χ3v) is 5.88. The summed E-state index contributed by atoms with van der Waals surface area (Å²) in [4.78, 5) is 0. The van der Waals surface area contributed by atoms with Crippen LogP contribution in [0.2, 0.25) is 0 Å². The standard InChI is InChI=1S/C14H26I2O2/c15-11-13(12-16)7-3-1-2-5-9-17-14-8-4-6-10-18-14/h13-14H,1-12H2. The summed E-state index contributed by atoms with van der Waals surface area (Å²) in [5, 5.41) is 0. The van der Waals surface area contributed by atoms with Crippen molar-refractivity contribution in [3.63, 3.8) is 0 Å². The Morgan fingerprint density at radius 3 is 2.50 bits per heavy atom. The molecule has 1 heterocycles. The van der Waals surface area contributed by atoms with Gasteiger partial charge in [0.1, 0.15) is 0 Å². The van der Waals surface area contributed by atoms with E-state index in [1.807, 2.05) is 0 Å². The lowest BCUT2D eigenvalue weighted by atomic mass is 10.0. The van der Waals surface area contributed by atoms with Crippen LogP contribution in [0.3, 0.4) is 0 Å². The molecule has 1 aliphatic rings. The molecule has 0 radical (unpaired) electrons. The minimum absolute atomic E-state index is 0.0983. The van der Waals surface area contributed by atoms with Crippen molar-refractivity contribution < 1.29 is 9.47 Å². The second kappa shape index (κ2) is 12.1. The topological polar surface area (TPSA) is 18.5 Å². The van der Waals surface area contributed by atoms with Gasteiger partial charge in [-0.05, 0) is 38.0 Å². The summed E-state index contributed by atoms with van der Waals surface area (Å²) in [5.74, 6) is 0.929.